The minimum absolute atomic E-state index is 0.0231. The van der Waals surface area contributed by atoms with Crippen LogP contribution in [0, 0.1) is 9.54 Å². The zero-order valence-electron chi connectivity index (χ0n) is 72.4. The molecule has 0 aliphatic carbocycles. The van der Waals surface area contributed by atoms with Gasteiger partial charge in [-0.1, -0.05) is 13.8 Å². The zero-order valence-corrected chi connectivity index (χ0v) is 78.5. The summed E-state index contributed by atoms with van der Waals surface area (Å²) in [5.74, 6) is -0.831. The maximum absolute atomic E-state index is 12.1. The lowest BCUT2D eigenvalue weighted by Gasteiger charge is -2.20. The molecule has 0 radical (unpaired) electrons. The third-order valence-electron chi connectivity index (χ3n) is 20.6. The number of nitrogens with zero attached hydrogens (tertiary/aromatic N) is 5. The number of carbonyl (C=O) groups excluding carboxylic acids is 3. The van der Waals surface area contributed by atoms with Gasteiger partial charge in [0.25, 0.3) is 27.8 Å². The number of nitrogens with one attached hydrogen (secondary N) is 7. The van der Waals surface area contributed by atoms with E-state index in [0.717, 1.165) is 44.5 Å². The molecule has 0 bridgehead atoms. The number of hydrogen-bond acceptors (Lipinski definition) is 28. The highest BCUT2D eigenvalue weighted by Gasteiger charge is 2.49. The monoisotopic (exact) mass is 1870 g/mol. The quantitative estimate of drug-likeness (QED) is 0.0223. The van der Waals surface area contributed by atoms with Gasteiger partial charge in [0.05, 0.1) is 41.6 Å². The maximum Gasteiger partial charge on any atom is 0.330 e. The van der Waals surface area contributed by atoms with E-state index in [2.05, 4.69) is 134 Å². The van der Waals surface area contributed by atoms with Crippen molar-refractivity contribution in [1.29, 1.82) is 0 Å². The number of ketones is 1. The Kier molecular flexibility index (Phi) is 38.3. The van der Waals surface area contributed by atoms with E-state index in [-0.39, 0.29) is 68.9 Å². The van der Waals surface area contributed by atoms with Crippen LogP contribution in [0.15, 0.2) is 69.3 Å². The number of amides is 2. The Morgan fingerprint density at radius 1 is 0.350 bits per heavy atom. The summed E-state index contributed by atoms with van der Waals surface area (Å²) < 4.78 is 35.2. The molecule has 5 saturated heterocycles. The van der Waals surface area contributed by atoms with Gasteiger partial charge < -0.3 is 85.4 Å². The highest BCUT2D eigenvalue weighted by molar-refractivity contribution is 7.73. The lowest BCUT2D eigenvalue weighted by Crippen LogP contribution is -2.39. The van der Waals surface area contributed by atoms with Gasteiger partial charge in [-0.3, -0.25) is 86.1 Å². The maximum atomic E-state index is 12.1. The van der Waals surface area contributed by atoms with Crippen molar-refractivity contribution in [2.45, 2.75) is 222 Å². The van der Waals surface area contributed by atoms with Crippen LogP contribution < -0.4 is 55.5 Å². The number of ether oxygens (including phenoxy) is 5. The molecule has 0 spiro atoms. The number of hydrogen-bond donors (Lipinski definition) is 17. The highest BCUT2D eigenvalue weighted by atomic mass is 32.1. The van der Waals surface area contributed by atoms with Crippen molar-refractivity contribution in [3.05, 3.63) is 152 Å². The number of aliphatic hydroxyl groups excluding tert-OH is 10. The van der Waals surface area contributed by atoms with Crippen molar-refractivity contribution in [3.63, 3.8) is 0 Å². The fourth-order valence-corrected chi connectivity index (χ4v) is 18.8. The van der Waals surface area contributed by atoms with E-state index < -0.39 is 196 Å². The fraction of sp³-hybridized carbons (Fsp3) is 0.641. The Hall–Kier alpha value is -6.25. The number of aliphatic hydroxyl groups is 10. The molecule has 10 heterocycles. The number of aryl methyl sites for hydroxylation is 2. The molecule has 10 rings (SSSR count). The average molecular weight is 1870 g/mol. The lowest BCUT2D eigenvalue weighted by molar-refractivity contribution is -0.120. The first-order chi connectivity index (χ1) is 56.7. The minimum atomic E-state index is -1.33. The third kappa shape index (κ3) is 30.5. The minimum Gasteiger partial charge on any atom is -0.388 e. The Balaban J connectivity index is 0.000000238. The molecule has 0 aromatic carbocycles. The molecule has 123 heavy (non-hydrogen) atoms. The Morgan fingerprint density at radius 3 is 0.797 bits per heavy atom. The molecule has 17 N–H and O–H groups in total. The van der Waals surface area contributed by atoms with Crippen LogP contribution in [0.2, 0.25) is 0 Å². The van der Waals surface area contributed by atoms with Crippen molar-refractivity contribution in [2.24, 2.45) is 0 Å². The van der Waals surface area contributed by atoms with E-state index in [9.17, 15) is 104 Å². The number of Topliss-reactive ketones (excluding diaryl/α,β-unsaturated/α-hetero) is 1. The molecule has 5 fully saturated rings. The van der Waals surface area contributed by atoms with Gasteiger partial charge in [-0.2, -0.15) is 0 Å². The van der Waals surface area contributed by atoms with Gasteiger partial charge in [-0.15, -0.1) is 65.9 Å². The smallest absolute Gasteiger partial charge is 0.330 e. The van der Waals surface area contributed by atoms with Crippen molar-refractivity contribution >= 4 is 108 Å². The predicted octanol–water partition coefficient (Wildman–Crippen LogP) is -0.457. The summed E-state index contributed by atoms with van der Waals surface area (Å²) in [6, 6.07) is 0. The van der Waals surface area contributed by atoms with Gasteiger partial charge in [-0.25, -0.2) is 14.4 Å². The molecule has 692 valence electrons. The topological polar surface area (TPSA) is 564 Å². The fourth-order valence-electron chi connectivity index (χ4n) is 13.5. The molecule has 5 aromatic rings. The SMILES string of the molecule is C=P(C)(C)CC[C@H]1O[C@@H](n2cc(CC(C)=O)c(=O)[nH]c2=O)[C@H](O)[C@@H]1O.C=P(C)(C)CC[C@H]1O[C@@H](n2cc(CC)c(=O)[nH]c2=O)[C@H](O)[C@@H]1O.C=P(C)(C)CC[C@H]1O[C@@H](n2cc(CC)c(=O)[nH]c2=S)[C@H](O)[C@@H]1O.C=P(C)(C)CC[C@H]1O[C@@H](n2cc(CNC(C)=O)c(=O)[nH]c2=O)[C@H](O)[C@@H]1O.C=P(C)(C)CC[C@H]1O[C@@H](n2cc(CNC(C)=O)c(=O)[nH]c2=S)[C@H](O)[C@@H]1O. The molecule has 38 nitrogen and oxygen atoms in total. The van der Waals surface area contributed by atoms with Crippen LogP contribution in [-0.2, 0) is 70.4 Å². The number of H-pyrrole nitrogens is 5. The second kappa shape index (κ2) is 44.7. The van der Waals surface area contributed by atoms with Crippen molar-refractivity contribution in [3.8, 4) is 0 Å². The zero-order chi connectivity index (χ0) is 93.0. The van der Waals surface area contributed by atoms with E-state index in [1.54, 1.807) is 13.1 Å². The molecule has 2 amide bonds. The molecule has 0 unspecified atom stereocenters. The Labute approximate surface area is 722 Å². The van der Waals surface area contributed by atoms with Crippen LogP contribution in [0.1, 0.15) is 126 Å². The van der Waals surface area contributed by atoms with E-state index in [1.165, 1.54) is 54.7 Å². The number of aromatic nitrogens is 10. The lowest BCUT2D eigenvalue weighted by atomic mass is 10.1. The first-order valence-corrected chi connectivity index (χ1v) is 56.0. The standard InChI is InChI=1S/C16H26N3O6P.C16H26N3O5PS.C16H25N2O6P.C15H25N2O5P.C15H25N2O4PS/c1-9(20)17-7-10-8-19(16(24)18-14(10)23)15-13(22)12(21)11(25-15)5-6-26(2,3)4;1-9(20)17-7-10-8-19(16(26)18-14(10)23)15-13(22)12(21)11(24-15)5-6-25(2,3)4;1-9(19)7-10-8-18(16(23)17-14(10)22)15-13(21)12(20)11(24-15)5-6-25(2,3)4;1-5-9-8-17(15(21)16-13(9)20)14-12(19)11(18)10(22-14)6-7-23(2,3)4;1-5-9-8-17(15(23)16-13(9)20)14-12(19)11(18)10(21-14)6-7-22(2,3)4/h8,11-13,15,21-22H,2,5-7H2,1,3-4H3,(H,17,20)(H,18,23,24);8,11-13,15,21-22H,2,5-7H2,1,3-4H3,(H,17,20)(H,18,23,26);8,11-13,15,20-21H,2,5-7H2,1,3-4H3,(H,17,22,23);8,10-12,14,18-19H,2,5-7H2,1,3-4H3,(H,16,20,21);8,10-12,14,18-19H,2,5-7H2,1,3-4H3,(H,16,20,23)/t3*11-,12-,13-,15-;2*10-,11-,12-,14-/m11111/s1. The number of aromatic amines is 5. The second-order valence-electron chi connectivity index (χ2n) is 35.0. The van der Waals surface area contributed by atoms with Gasteiger partial charge in [-0.05, 0) is 174 Å². The average Bonchev–Trinajstić information content (AvgIpc) is 1.68. The normalized spacial score (nSPS) is 27.0. The predicted molar refractivity (Wildman–Crippen MR) is 490 cm³/mol. The molecule has 20 atom stereocenters. The van der Waals surface area contributed by atoms with Gasteiger partial charge in [0.15, 0.2) is 40.7 Å². The third-order valence-corrected chi connectivity index (χ3v) is 28.6. The van der Waals surface area contributed by atoms with Gasteiger partial charge in [0, 0.05) is 81.0 Å². The van der Waals surface area contributed by atoms with Crippen molar-refractivity contribution < 1.29 is 89.1 Å². The summed E-state index contributed by atoms with van der Waals surface area (Å²) in [5, 5.41) is 108. The van der Waals surface area contributed by atoms with Gasteiger partial charge in [0.1, 0.15) is 66.8 Å². The van der Waals surface area contributed by atoms with Crippen LogP contribution in [0.5, 0.6) is 0 Å². The molecule has 0 saturated carbocycles. The Bertz CT molecular complexity index is 5170. The van der Waals surface area contributed by atoms with Crippen molar-refractivity contribution in [1.82, 2.24) is 58.4 Å². The molecular weight excluding hydrogens is 1740 g/mol. The van der Waals surface area contributed by atoms with Crippen LogP contribution in [0.3, 0.4) is 0 Å². The number of rotatable bonds is 28. The first kappa shape index (κ1) is 106. The van der Waals surface area contributed by atoms with Crippen LogP contribution in [-0.4, -0.2) is 337 Å². The summed E-state index contributed by atoms with van der Waals surface area (Å²) in [6.45, 7) is 22.0. The number of carbonyl (C=O) groups is 3. The summed E-state index contributed by atoms with van der Waals surface area (Å²) in [7, 11) is 0. The van der Waals surface area contributed by atoms with Gasteiger partial charge in [0.2, 0.25) is 11.8 Å². The summed E-state index contributed by atoms with van der Waals surface area (Å²) in [6.07, 6.45) is 15.9. The largest absolute Gasteiger partial charge is 0.388 e. The molecule has 5 aliphatic rings. The highest BCUT2D eigenvalue weighted by Crippen LogP contribution is 2.44. The molecule has 5 aromatic heterocycles. The van der Waals surface area contributed by atoms with Gasteiger partial charge >= 0.3 is 17.1 Å². The van der Waals surface area contributed by atoms with E-state index >= 15 is 0 Å². The molecular formula is C78H127N12O26P5S2. The molecule has 45 heteroatoms. The van der Waals surface area contributed by atoms with E-state index in [1.807, 2.05) is 6.92 Å². The van der Waals surface area contributed by atoms with Crippen LogP contribution in [0.25, 0.3) is 0 Å². The van der Waals surface area contributed by atoms with Crippen LogP contribution in [0.4, 0.5) is 0 Å². The first-order valence-electron chi connectivity index (χ1n) is 39.9. The summed E-state index contributed by atoms with van der Waals surface area (Å²) in [5.41, 5.74) is -3.08. The summed E-state index contributed by atoms with van der Waals surface area (Å²) >= 11 is 10.3. The van der Waals surface area contributed by atoms with E-state index in [4.69, 9.17) is 48.1 Å². The Morgan fingerprint density at radius 2 is 0.553 bits per heavy atom. The molecule has 5 aliphatic heterocycles. The van der Waals surface area contributed by atoms with Crippen LogP contribution >= 0.6 is 58.9 Å². The van der Waals surface area contributed by atoms with E-state index in [0.29, 0.717) is 56.1 Å². The summed E-state index contributed by atoms with van der Waals surface area (Å²) in [4.78, 5) is 140. The second-order valence-corrected chi connectivity index (χ2v) is 57.3. The van der Waals surface area contributed by atoms with Crippen molar-refractivity contribution in [2.75, 3.05) is 97.5 Å².